The maximum absolute atomic E-state index is 12.1. The lowest BCUT2D eigenvalue weighted by Gasteiger charge is -2.06. The highest BCUT2D eigenvalue weighted by Gasteiger charge is 2.19. The molecule has 2 N–H and O–H groups in total. The average molecular weight is 286 g/mol. The molecule has 0 spiro atoms. The van der Waals surface area contributed by atoms with E-state index in [9.17, 15) is 8.42 Å². The van der Waals surface area contributed by atoms with Crippen LogP contribution >= 0.6 is 11.3 Å². The Hall–Kier alpha value is -1.15. The van der Waals surface area contributed by atoms with Gasteiger partial charge in [-0.05, 0) is 30.6 Å². The van der Waals surface area contributed by atoms with Crippen LogP contribution in [-0.4, -0.2) is 15.5 Å². The molecule has 0 atom stereocenters. The first-order chi connectivity index (χ1) is 8.63. The summed E-state index contributed by atoms with van der Waals surface area (Å²) in [6.07, 6.45) is 1.51. The predicted octanol–water partition coefficient (Wildman–Crippen LogP) is 1.54. The van der Waals surface area contributed by atoms with Crippen LogP contribution in [0.4, 0.5) is 0 Å². The molecular weight excluding hydrogens is 272 g/mol. The summed E-state index contributed by atoms with van der Waals surface area (Å²) in [5.74, 6) is 0.587. The highest BCUT2D eigenvalue weighted by Crippen LogP contribution is 2.21. The topological polar surface area (TPSA) is 71.3 Å². The van der Waals surface area contributed by atoms with Crippen LogP contribution in [0.3, 0.4) is 0 Å². The van der Waals surface area contributed by atoms with Gasteiger partial charge >= 0.3 is 0 Å². The lowest BCUT2D eigenvalue weighted by Crippen LogP contribution is -2.24. The van der Waals surface area contributed by atoms with Gasteiger partial charge in [0.05, 0.1) is 17.7 Å². The third-order valence-corrected chi connectivity index (χ3v) is 4.88. The molecule has 2 aromatic rings. The van der Waals surface area contributed by atoms with E-state index in [1.807, 2.05) is 0 Å². The first-order valence-corrected chi connectivity index (χ1v) is 7.73. The van der Waals surface area contributed by atoms with Crippen molar-refractivity contribution in [1.82, 2.24) is 10.0 Å². The number of sulfonamides is 1. The van der Waals surface area contributed by atoms with Gasteiger partial charge in [0, 0.05) is 11.4 Å². The summed E-state index contributed by atoms with van der Waals surface area (Å²) in [6.45, 7) is 0.693. The van der Waals surface area contributed by atoms with Crippen molar-refractivity contribution >= 4 is 21.4 Å². The van der Waals surface area contributed by atoms with Crippen LogP contribution in [-0.2, 0) is 23.1 Å². The second-order valence-electron chi connectivity index (χ2n) is 3.64. The molecule has 5 nitrogen and oxygen atoms in total. The maximum Gasteiger partial charge on any atom is 0.242 e. The number of hydrogen-bond donors (Lipinski definition) is 2. The zero-order chi connectivity index (χ0) is 13.0. The normalized spacial score (nSPS) is 11.8. The first-order valence-electron chi connectivity index (χ1n) is 5.36. The molecule has 7 heteroatoms. The van der Waals surface area contributed by atoms with Crippen molar-refractivity contribution in [2.45, 2.75) is 18.0 Å². The summed E-state index contributed by atoms with van der Waals surface area (Å²) in [7, 11) is -1.70. The fraction of sp³-hybridized carbons (Fsp3) is 0.273. The van der Waals surface area contributed by atoms with Crippen LogP contribution < -0.4 is 10.0 Å². The van der Waals surface area contributed by atoms with E-state index in [-0.39, 0.29) is 6.54 Å². The van der Waals surface area contributed by atoms with Gasteiger partial charge in [0.2, 0.25) is 10.0 Å². The molecule has 98 valence electrons. The van der Waals surface area contributed by atoms with Gasteiger partial charge in [-0.25, -0.2) is 13.1 Å². The number of nitrogens with one attached hydrogen (secondary N) is 2. The standard InChI is InChI=1S/C11H14N2O3S2/c1-12-8-10-11(4-6-17-10)18(14,15)13-7-9-3-2-5-16-9/h2-6,12-13H,7-8H2,1H3. The van der Waals surface area contributed by atoms with E-state index in [1.54, 1.807) is 30.6 Å². The highest BCUT2D eigenvalue weighted by atomic mass is 32.2. The van der Waals surface area contributed by atoms with Crippen molar-refractivity contribution in [2.75, 3.05) is 7.05 Å². The molecule has 0 saturated carbocycles. The van der Waals surface area contributed by atoms with Crippen molar-refractivity contribution in [3.05, 3.63) is 40.5 Å². The smallest absolute Gasteiger partial charge is 0.242 e. The summed E-state index contributed by atoms with van der Waals surface area (Å²) < 4.78 is 31.8. The van der Waals surface area contributed by atoms with E-state index in [0.717, 1.165) is 4.88 Å². The van der Waals surface area contributed by atoms with Crippen molar-refractivity contribution in [3.63, 3.8) is 0 Å². The van der Waals surface area contributed by atoms with E-state index in [1.165, 1.54) is 17.6 Å². The van der Waals surface area contributed by atoms with Crippen LogP contribution in [0.2, 0.25) is 0 Å². The zero-order valence-corrected chi connectivity index (χ0v) is 11.5. The van der Waals surface area contributed by atoms with Gasteiger partial charge in [-0.1, -0.05) is 0 Å². The summed E-state index contributed by atoms with van der Waals surface area (Å²) in [4.78, 5) is 1.12. The van der Waals surface area contributed by atoms with Crippen LogP contribution in [0.5, 0.6) is 0 Å². The quantitative estimate of drug-likeness (QED) is 0.845. The minimum absolute atomic E-state index is 0.157. The van der Waals surface area contributed by atoms with Crippen LogP contribution in [0.1, 0.15) is 10.6 Å². The Balaban J connectivity index is 2.12. The second kappa shape index (κ2) is 5.66. The van der Waals surface area contributed by atoms with Gasteiger partial charge in [-0.15, -0.1) is 11.3 Å². The predicted molar refractivity (Wildman–Crippen MR) is 69.8 cm³/mol. The lowest BCUT2D eigenvalue weighted by molar-refractivity contribution is 0.498. The summed E-state index contributed by atoms with van der Waals surface area (Å²) in [5.41, 5.74) is 0. The second-order valence-corrected chi connectivity index (χ2v) is 6.38. The molecule has 0 radical (unpaired) electrons. The van der Waals surface area contributed by atoms with Gasteiger partial charge in [0.25, 0.3) is 0 Å². The summed E-state index contributed by atoms with van der Waals surface area (Å²) >= 11 is 1.42. The Morgan fingerprint density at radius 3 is 2.83 bits per heavy atom. The molecular formula is C11H14N2O3S2. The fourth-order valence-corrected chi connectivity index (χ4v) is 3.96. The zero-order valence-electron chi connectivity index (χ0n) is 9.84. The number of rotatable bonds is 6. The number of hydrogen-bond acceptors (Lipinski definition) is 5. The van der Waals surface area contributed by atoms with Crippen molar-refractivity contribution in [1.29, 1.82) is 0 Å². The van der Waals surface area contributed by atoms with E-state index in [2.05, 4.69) is 10.0 Å². The van der Waals surface area contributed by atoms with Crippen LogP contribution in [0.15, 0.2) is 39.2 Å². The number of furan rings is 1. The van der Waals surface area contributed by atoms with E-state index >= 15 is 0 Å². The Bertz CT molecular complexity index is 588. The Morgan fingerprint density at radius 1 is 1.33 bits per heavy atom. The van der Waals surface area contributed by atoms with E-state index < -0.39 is 10.0 Å². The van der Waals surface area contributed by atoms with Crippen LogP contribution in [0, 0.1) is 0 Å². The molecule has 2 aromatic heterocycles. The summed E-state index contributed by atoms with van der Waals surface area (Å²) in [6, 6.07) is 5.06. The first kappa shape index (κ1) is 13.3. The number of thiophene rings is 1. The molecule has 0 amide bonds. The van der Waals surface area contributed by atoms with Crippen molar-refractivity contribution in [3.8, 4) is 0 Å². The minimum Gasteiger partial charge on any atom is -0.468 e. The average Bonchev–Trinajstić information content (AvgIpc) is 2.97. The molecule has 0 aliphatic rings. The molecule has 0 saturated heterocycles. The largest absolute Gasteiger partial charge is 0.468 e. The van der Waals surface area contributed by atoms with Crippen LogP contribution in [0.25, 0.3) is 0 Å². The third kappa shape index (κ3) is 2.99. The molecule has 2 heterocycles. The molecule has 0 aliphatic heterocycles. The monoisotopic (exact) mass is 286 g/mol. The Morgan fingerprint density at radius 2 is 2.17 bits per heavy atom. The van der Waals surface area contributed by atoms with Crippen molar-refractivity contribution in [2.24, 2.45) is 0 Å². The van der Waals surface area contributed by atoms with Gasteiger partial charge in [0.1, 0.15) is 5.76 Å². The van der Waals surface area contributed by atoms with Gasteiger partial charge in [0.15, 0.2) is 0 Å². The molecule has 0 aromatic carbocycles. The summed E-state index contributed by atoms with van der Waals surface area (Å²) in [5, 5.41) is 4.72. The molecule has 18 heavy (non-hydrogen) atoms. The Labute approximate surface area is 110 Å². The van der Waals surface area contributed by atoms with Gasteiger partial charge in [-0.2, -0.15) is 0 Å². The molecule has 2 rings (SSSR count). The molecule has 0 fully saturated rings. The van der Waals surface area contributed by atoms with Gasteiger partial charge < -0.3 is 9.73 Å². The minimum atomic E-state index is -3.49. The fourth-order valence-electron chi connectivity index (χ4n) is 1.51. The molecule has 0 bridgehead atoms. The Kier molecular flexibility index (Phi) is 4.18. The van der Waals surface area contributed by atoms with E-state index in [4.69, 9.17) is 4.42 Å². The van der Waals surface area contributed by atoms with E-state index in [0.29, 0.717) is 17.2 Å². The molecule has 0 aliphatic carbocycles. The third-order valence-electron chi connectivity index (χ3n) is 2.35. The molecule has 0 unspecified atom stereocenters. The highest BCUT2D eigenvalue weighted by molar-refractivity contribution is 7.89. The van der Waals surface area contributed by atoms with Crippen molar-refractivity contribution < 1.29 is 12.8 Å². The lowest BCUT2D eigenvalue weighted by atomic mass is 10.5. The van der Waals surface area contributed by atoms with Gasteiger partial charge in [-0.3, -0.25) is 0 Å². The SMILES string of the molecule is CNCc1sccc1S(=O)(=O)NCc1ccco1. The maximum atomic E-state index is 12.1.